The molecule has 0 atom stereocenters. The van der Waals surface area contributed by atoms with Gasteiger partial charge in [0.05, 0.1) is 12.1 Å². The first-order valence-corrected chi connectivity index (χ1v) is 6.48. The molecule has 1 aromatic rings. The van der Waals surface area contributed by atoms with Gasteiger partial charge in [0.25, 0.3) is 0 Å². The zero-order valence-corrected chi connectivity index (χ0v) is 11.1. The van der Waals surface area contributed by atoms with E-state index in [1.165, 1.54) is 0 Å². The van der Waals surface area contributed by atoms with Gasteiger partial charge in [-0.25, -0.2) is 4.98 Å². The molecule has 1 aliphatic carbocycles. The number of nitrogens with one attached hydrogen (secondary N) is 2. The molecule has 0 aliphatic heterocycles. The van der Waals surface area contributed by atoms with E-state index in [9.17, 15) is 18.3 Å². The van der Waals surface area contributed by atoms with Crippen LogP contribution in [-0.2, 0) is 6.18 Å². The Balaban J connectivity index is 2.29. The standard InChI is InChI=1S/C12H17F3N4O/c1-2-16-10-17-8(12(13,14)15)6-9(18-10)19-11(7-20)4-3-5-11/h6,20H,2-5,7H2,1H3,(H2,16,17,18,19). The SMILES string of the molecule is CCNc1nc(NC2(CO)CCC2)cc(C(F)(F)F)n1. The van der Waals surface area contributed by atoms with Crippen molar-refractivity contribution < 1.29 is 18.3 Å². The van der Waals surface area contributed by atoms with Crippen molar-refractivity contribution in [2.45, 2.75) is 37.9 Å². The normalized spacial score (nSPS) is 17.4. The van der Waals surface area contributed by atoms with Gasteiger partial charge in [-0.1, -0.05) is 0 Å². The summed E-state index contributed by atoms with van der Waals surface area (Å²) in [6.45, 7) is 2.04. The summed E-state index contributed by atoms with van der Waals surface area (Å²) in [5.74, 6) is 0.00858. The number of aliphatic hydroxyl groups is 1. The molecule has 0 spiro atoms. The van der Waals surface area contributed by atoms with Crippen molar-refractivity contribution in [3.8, 4) is 0 Å². The summed E-state index contributed by atoms with van der Waals surface area (Å²) in [4.78, 5) is 7.45. The fourth-order valence-electron chi connectivity index (χ4n) is 2.09. The van der Waals surface area contributed by atoms with E-state index < -0.39 is 17.4 Å². The first-order chi connectivity index (χ1) is 9.38. The Kier molecular flexibility index (Phi) is 4.03. The van der Waals surface area contributed by atoms with Crippen molar-refractivity contribution in [3.05, 3.63) is 11.8 Å². The van der Waals surface area contributed by atoms with Crippen LogP contribution in [0.4, 0.5) is 24.9 Å². The van der Waals surface area contributed by atoms with Gasteiger partial charge < -0.3 is 15.7 Å². The number of anilines is 2. The monoisotopic (exact) mass is 290 g/mol. The van der Waals surface area contributed by atoms with Crippen LogP contribution in [0.25, 0.3) is 0 Å². The molecule has 0 aromatic carbocycles. The minimum absolute atomic E-state index is 0.0720. The summed E-state index contributed by atoms with van der Waals surface area (Å²) in [5, 5.41) is 14.9. The Bertz CT molecular complexity index is 469. The van der Waals surface area contributed by atoms with E-state index in [0.29, 0.717) is 19.4 Å². The molecule has 1 aromatic heterocycles. The summed E-state index contributed by atoms with van der Waals surface area (Å²) < 4.78 is 38.4. The lowest BCUT2D eigenvalue weighted by atomic mass is 9.77. The first kappa shape index (κ1) is 14.8. The van der Waals surface area contributed by atoms with Crippen LogP contribution in [0, 0.1) is 0 Å². The average Bonchev–Trinajstić information content (AvgIpc) is 2.33. The third-order valence-electron chi connectivity index (χ3n) is 3.36. The van der Waals surface area contributed by atoms with Crippen molar-refractivity contribution in [1.82, 2.24) is 9.97 Å². The van der Waals surface area contributed by atoms with Crippen molar-refractivity contribution in [3.63, 3.8) is 0 Å². The second-order valence-corrected chi connectivity index (χ2v) is 4.91. The van der Waals surface area contributed by atoms with E-state index in [4.69, 9.17) is 0 Å². The first-order valence-electron chi connectivity index (χ1n) is 6.48. The van der Waals surface area contributed by atoms with E-state index in [1.54, 1.807) is 6.92 Å². The quantitative estimate of drug-likeness (QED) is 0.776. The molecule has 1 aliphatic rings. The third kappa shape index (κ3) is 3.12. The highest BCUT2D eigenvalue weighted by Gasteiger charge is 2.38. The van der Waals surface area contributed by atoms with Crippen molar-refractivity contribution in [2.24, 2.45) is 0 Å². The zero-order valence-electron chi connectivity index (χ0n) is 11.1. The van der Waals surface area contributed by atoms with Gasteiger partial charge in [0.2, 0.25) is 5.95 Å². The fourth-order valence-corrected chi connectivity index (χ4v) is 2.09. The molecule has 8 heteroatoms. The van der Waals surface area contributed by atoms with Gasteiger partial charge in [0.15, 0.2) is 5.69 Å². The number of rotatable bonds is 5. The maximum absolute atomic E-state index is 12.8. The smallest absolute Gasteiger partial charge is 0.394 e. The third-order valence-corrected chi connectivity index (χ3v) is 3.36. The molecule has 1 heterocycles. The summed E-state index contributed by atoms with van der Waals surface area (Å²) in [5.41, 5.74) is -1.56. The second-order valence-electron chi connectivity index (χ2n) is 4.91. The van der Waals surface area contributed by atoms with Crippen LogP contribution in [0.3, 0.4) is 0 Å². The van der Waals surface area contributed by atoms with Gasteiger partial charge in [-0.15, -0.1) is 0 Å². The van der Waals surface area contributed by atoms with Crippen LogP contribution in [0.15, 0.2) is 6.07 Å². The number of aromatic nitrogens is 2. The Labute approximate surface area is 114 Å². The zero-order chi connectivity index (χ0) is 14.8. The maximum Gasteiger partial charge on any atom is 0.433 e. The van der Waals surface area contributed by atoms with E-state index in [1.807, 2.05) is 0 Å². The Morgan fingerprint density at radius 2 is 2.05 bits per heavy atom. The molecule has 0 amide bonds. The van der Waals surface area contributed by atoms with Gasteiger partial charge in [-0.3, -0.25) is 0 Å². The van der Waals surface area contributed by atoms with Crippen molar-refractivity contribution >= 4 is 11.8 Å². The molecule has 2 rings (SSSR count). The molecule has 0 bridgehead atoms. The lowest BCUT2D eigenvalue weighted by Crippen LogP contribution is -2.48. The Hall–Kier alpha value is -1.57. The van der Waals surface area contributed by atoms with Gasteiger partial charge in [0, 0.05) is 12.6 Å². The van der Waals surface area contributed by atoms with Crippen LogP contribution in [-0.4, -0.2) is 33.8 Å². The molecule has 20 heavy (non-hydrogen) atoms. The summed E-state index contributed by atoms with van der Waals surface area (Å²) in [6.07, 6.45) is -2.17. The predicted molar refractivity (Wildman–Crippen MR) is 68.5 cm³/mol. The van der Waals surface area contributed by atoms with E-state index in [2.05, 4.69) is 20.6 Å². The molecule has 1 saturated carbocycles. The minimum Gasteiger partial charge on any atom is -0.394 e. The second kappa shape index (κ2) is 5.43. The fraction of sp³-hybridized carbons (Fsp3) is 0.667. The van der Waals surface area contributed by atoms with Crippen LogP contribution >= 0.6 is 0 Å². The van der Waals surface area contributed by atoms with Gasteiger partial charge in [-0.05, 0) is 26.2 Å². The van der Waals surface area contributed by atoms with Gasteiger partial charge >= 0.3 is 6.18 Å². The largest absolute Gasteiger partial charge is 0.433 e. The number of nitrogens with zero attached hydrogens (tertiary/aromatic N) is 2. The van der Waals surface area contributed by atoms with Crippen LogP contribution in [0.2, 0.25) is 0 Å². The minimum atomic E-state index is -4.53. The number of aliphatic hydroxyl groups excluding tert-OH is 1. The number of hydrogen-bond acceptors (Lipinski definition) is 5. The molecule has 112 valence electrons. The highest BCUT2D eigenvalue weighted by atomic mass is 19.4. The maximum atomic E-state index is 12.8. The molecule has 0 saturated heterocycles. The van der Waals surface area contributed by atoms with Crippen LogP contribution in [0.1, 0.15) is 31.9 Å². The highest BCUT2D eigenvalue weighted by Crippen LogP contribution is 2.36. The van der Waals surface area contributed by atoms with E-state index in [0.717, 1.165) is 12.5 Å². The average molecular weight is 290 g/mol. The number of halogens is 3. The van der Waals surface area contributed by atoms with Crippen LogP contribution < -0.4 is 10.6 Å². The Morgan fingerprint density at radius 1 is 1.35 bits per heavy atom. The number of alkyl halides is 3. The summed E-state index contributed by atoms with van der Waals surface area (Å²) >= 11 is 0. The van der Waals surface area contributed by atoms with Gasteiger partial charge in [0.1, 0.15) is 5.82 Å². The predicted octanol–water partition coefficient (Wildman–Crippen LogP) is 2.25. The summed E-state index contributed by atoms with van der Waals surface area (Å²) in [7, 11) is 0. The summed E-state index contributed by atoms with van der Waals surface area (Å²) in [6, 6.07) is 0.872. The molecule has 0 radical (unpaired) electrons. The van der Waals surface area contributed by atoms with E-state index in [-0.39, 0.29) is 18.4 Å². The molecule has 3 N–H and O–H groups in total. The van der Waals surface area contributed by atoms with Crippen LogP contribution in [0.5, 0.6) is 0 Å². The molecular formula is C12H17F3N4O. The van der Waals surface area contributed by atoms with Crippen molar-refractivity contribution in [1.29, 1.82) is 0 Å². The molecular weight excluding hydrogens is 273 g/mol. The molecule has 1 fully saturated rings. The van der Waals surface area contributed by atoms with Gasteiger partial charge in [-0.2, -0.15) is 18.2 Å². The molecule has 5 nitrogen and oxygen atoms in total. The lowest BCUT2D eigenvalue weighted by Gasteiger charge is -2.41. The van der Waals surface area contributed by atoms with E-state index >= 15 is 0 Å². The highest BCUT2D eigenvalue weighted by molar-refractivity contribution is 5.45. The number of hydrogen-bond donors (Lipinski definition) is 3. The lowest BCUT2D eigenvalue weighted by molar-refractivity contribution is -0.141. The topological polar surface area (TPSA) is 70.1 Å². The van der Waals surface area contributed by atoms with Crippen molar-refractivity contribution in [2.75, 3.05) is 23.8 Å². The Morgan fingerprint density at radius 3 is 2.50 bits per heavy atom. The molecule has 0 unspecified atom stereocenters.